The lowest BCUT2D eigenvalue weighted by Gasteiger charge is -2.25. The molecule has 29 heavy (non-hydrogen) atoms. The highest BCUT2D eigenvalue weighted by atomic mass is 35.5. The van der Waals surface area contributed by atoms with Gasteiger partial charge in [-0.05, 0) is 54.8 Å². The summed E-state index contributed by atoms with van der Waals surface area (Å²) in [4.78, 5) is 27.1. The summed E-state index contributed by atoms with van der Waals surface area (Å²) in [6, 6.07) is 13.2. The first-order chi connectivity index (χ1) is 14.0. The first kappa shape index (κ1) is 20.9. The Morgan fingerprint density at radius 2 is 1.83 bits per heavy atom. The number of amides is 1. The van der Waals surface area contributed by atoms with Crippen LogP contribution < -0.4 is 4.74 Å². The summed E-state index contributed by atoms with van der Waals surface area (Å²) in [5, 5.41) is 11.5. The number of Topliss-reactive ketones (excluding diaryl/α,β-unsaturated/α-hetero) is 1. The fourth-order valence-corrected chi connectivity index (χ4v) is 3.58. The second-order valence-corrected chi connectivity index (χ2v) is 7.36. The topological polar surface area (TPSA) is 66.8 Å². The van der Waals surface area contributed by atoms with Crippen molar-refractivity contribution in [3.63, 3.8) is 0 Å². The summed E-state index contributed by atoms with van der Waals surface area (Å²) < 4.78 is 5.72. The molecule has 0 saturated carbocycles. The Kier molecular flexibility index (Phi) is 6.60. The van der Waals surface area contributed by atoms with Crippen LogP contribution in [0.3, 0.4) is 0 Å². The van der Waals surface area contributed by atoms with Crippen molar-refractivity contribution in [3.05, 3.63) is 70.3 Å². The molecule has 1 aliphatic rings. The second kappa shape index (κ2) is 9.14. The average Bonchev–Trinajstić information content (AvgIpc) is 2.98. The Bertz CT molecular complexity index is 936. The smallest absolute Gasteiger partial charge is 0.295 e. The van der Waals surface area contributed by atoms with E-state index in [-0.39, 0.29) is 11.3 Å². The van der Waals surface area contributed by atoms with Gasteiger partial charge < -0.3 is 14.7 Å². The molecule has 2 aromatic rings. The molecule has 5 nitrogen and oxygen atoms in total. The Morgan fingerprint density at radius 3 is 2.48 bits per heavy atom. The van der Waals surface area contributed by atoms with Gasteiger partial charge in [0.25, 0.3) is 11.7 Å². The normalized spacial score (nSPS) is 18.3. The van der Waals surface area contributed by atoms with E-state index in [1.165, 1.54) is 4.90 Å². The molecule has 1 heterocycles. The number of nitrogens with zero attached hydrogens (tertiary/aromatic N) is 1. The maximum atomic E-state index is 12.8. The lowest BCUT2D eigenvalue weighted by molar-refractivity contribution is -0.139. The number of carbonyl (C=O) groups excluding carboxylic acids is 2. The number of halogens is 1. The molecule has 0 bridgehead atoms. The first-order valence-electron chi connectivity index (χ1n) is 9.75. The predicted molar refractivity (Wildman–Crippen MR) is 113 cm³/mol. The van der Waals surface area contributed by atoms with E-state index in [9.17, 15) is 14.7 Å². The highest BCUT2D eigenvalue weighted by Gasteiger charge is 2.45. The van der Waals surface area contributed by atoms with Crippen molar-refractivity contribution < 1.29 is 19.4 Å². The van der Waals surface area contributed by atoms with Gasteiger partial charge in [0.05, 0.1) is 18.2 Å². The van der Waals surface area contributed by atoms with Crippen LogP contribution in [0.2, 0.25) is 5.02 Å². The number of ketones is 1. The van der Waals surface area contributed by atoms with Crippen LogP contribution in [0.1, 0.15) is 43.9 Å². The van der Waals surface area contributed by atoms with Crippen LogP contribution in [-0.4, -0.2) is 34.8 Å². The van der Waals surface area contributed by atoms with Crippen molar-refractivity contribution in [2.75, 3.05) is 13.2 Å². The zero-order valence-corrected chi connectivity index (χ0v) is 17.3. The summed E-state index contributed by atoms with van der Waals surface area (Å²) in [6.45, 7) is 4.94. The van der Waals surface area contributed by atoms with Gasteiger partial charge in [-0.3, -0.25) is 9.59 Å². The molecule has 152 valence electrons. The molecular formula is C23H24ClNO4. The minimum atomic E-state index is -0.684. The van der Waals surface area contributed by atoms with Gasteiger partial charge >= 0.3 is 0 Å². The van der Waals surface area contributed by atoms with Crippen molar-refractivity contribution in [1.82, 2.24) is 4.90 Å². The second-order valence-electron chi connectivity index (χ2n) is 6.92. The van der Waals surface area contributed by atoms with Crippen LogP contribution in [0.4, 0.5) is 0 Å². The van der Waals surface area contributed by atoms with Crippen molar-refractivity contribution >= 4 is 29.1 Å². The summed E-state index contributed by atoms with van der Waals surface area (Å²) >= 11 is 5.94. The maximum Gasteiger partial charge on any atom is 0.295 e. The number of carbonyl (C=O) groups is 2. The number of benzene rings is 2. The molecule has 1 saturated heterocycles. The van der Waals surface area contributed by atoms with E-state index < -0.39 is 17.7 Å². The zero-order valence-electron chi connectivity index (χ0n) is 16.5. The van der Waals surface area contributed by atoms with Crippen molar-refractivity contribution in [3.8, 4) is 5.75 Å². The molecule has 0 radical (unpaired) electrons. The molecule has 1 amide bonds. The minimum absolute atomic E-state index is 0.0819. The molecule has 0 aliphatic carbocycles. The van der Waals surface area contributed by atoms with Gasteiger partial charge in [0, 0.05) is 17.1 Å². The first-order valence-corrected chi connectivity index (χ1v) is 10.1. The van der Waals surface area contributed by atoms with Gasteiger partial charge in [0.2, 0.25) is 0 Å². The minimum Gasteiger partial charge on any atom is -0.507 e. The lowest BCUT2D eigenvalue weighted by atomic mass is 9.95. The molecule has 0 aromatic heterocycles. The third kappa shape index (κ3) is 4.30. The van der Waals surface area contributed by atoms with E-state index in [1.54, 1.807) is 24.3 Å². The third-order valence-electron chi connectivity index (χ3n) is 4.77. The molecule has 2 aromatic carbocycles. The number of ether oxygens (including phenoxy) is 1. The van der Waals surface area contributed by atoms with E-state index in [2.05, 4.69) is 0 Å². The van der Waals surface area contributed by atoms with Gasteiger partial charge in [-0.25, -0.2) is 0 Å². The number of aliphatic hydroxyl groups is 1. The standard InChI is InChI=1S/C23H24ClNO4/c1-3-12-25-20(16-6-5-7-18(14-16)29-13-4-2)19(22(27)23(25)28)21(26)15-8-10-17(24)11-9-15/h5-11,14,20,26H,3-4,12-13H2,1-2H3/b21-19-. The molecular weight excluding hydrogens is 390 g/mol. The number of aliphatic hydroxyl groups excluding tert-OH is 1. The molecule has 1 N–H and O–H groups in total. The molecule has 1 atom stereocenters. The Labute approximate surface area is 175 Å². The van der Waals surface area contributed by atoms with Crippen LogP contribution in [0.25, 0.3) is 5.76 Å². The van der Waals surface area contributed by atoms with Crippen LogP contribution in [0.5, 0.6) is 5.75 Å². The number of rotatable bonds is 7. The maximum absolute atomic E-state index is 12.8. The summed E-state index contributed by atoms with van der Waals surface area (Å²) in [5.74, 6) is -0.829. The summed E-state index contributed by atoms with van der Waals surface area (Å²) in [5.41, 5.74) is 1.24. The van der Waals surface area contributed by atoms with Gasteiger partial charge in [-0.2, -0.15) is 0 Å². The molecule has 6 heteroatoms. The SMILES string of the molecule is CCCOc1cccc(C2/C(=C(/O)c3ccc(Cl)cc3)C(=O)C(=O)N2CCC)c1. The number of hydrogen-bond donors (Lipinski definition) is 1. The zero-order chi connectivity index (χ0) is 21.0. The van der Waals surface area contributed by atoms with E-state index in [1.807, 2.05) is 38.1 Å². The van der Waals surface area contributed by atoms with Gasteiger partial charge in [-0.15, -0.1) is 0 Å². The fraction of sp³-hybridized carbons (Fsp3) is 0.304. The Morgan fingerprint density at radius 1 is 1.10 bits per heavy atom. The van der Waals surface area contributed by atoms with Crippen LogP contribution in [0, 0.1) is 0 Å². The van der Waals surface area contributed by atoms with Crippen LogP contribution in [-0.2, 0) is 9.59 Å². The fourth-order valence-electron chi connectivity index (χ4n) is 3.46. The van der Waals surface area contributed by atoms with E-state index >= 15 is 0 Å². The average molecular weight is 414 g/mol. The van der Waals surface area contributed by atoms with E-state index in [0.717, 1.165) is 12.0 Å². The molecule has 1 aliphatic heterocycles. The van der Waals surface area contributed by atoms with Crippen LogP contribution >= 0.6 is 11.6 Å². The number of likely N-dealkylation sites (tertiary alicyclic amines) is 1. The van der Waals surface area contributed by atoms with Crippen molar-refractivity contribution in [2.45, 2.75) is 32.7 Å². The van der Waals surface area contributed by atoms with Crippen molar-refractivity contribution in [2.24, 2.45) is 0 Å². The van der Waals surface area contributed by atoms with E-state index in [4.69, 9.17) is 16.3 Å². The van der Waals surface area contributed by atoms with Gasteiger partial charge in [0.15, 0.2) is 0 Å². The van der Waals surface area contributed by atoms with Gasteiger partial charge in [0.1, 0.15) is 11.5 Å². The van der Waals surface area contributed by atoms with Crippen molar-refractivity contribution in [1.29, 1.82) is 0 Å². The third-order valence-corrected chi connectivity index (χ3v) is 5.02. The lowest BCUT2D eigenvalue weighted by Crippen LogP contribution is -2.30. The molecule has 1 unspecified atom stereocenters. The molecule has 1 fully saturated rings. The Hall–Kier alpha value is -2.79. The molecule has 0 spiro atoms. The highest BCUT2D eigenvalue weighted by molar-refractivity contribution is 6.46. The monoisotopic (exact) mass is 413 g/mol. The quantitative estimate of drug-likeness (QED) is 0.395. The highest BCUT2D eigenvalue weighted by Crippen LogP contribution is 2.40. The van der Waals surface area contributed by atoms with E-state index in [0.29, 0.717) is 35.9 Å². The van der Waals surface area contributed by atoms with Gasteiger partial charge in [-0.1, -0.05) is 37.6 Å². The summed E-state index contributed by atoms with van der Waals surface area (Å²) in [6.07, 6.45) is 1.56. The molecule has 3 rings (SSSR count). The Balaban J connectivity index is 2.12. The van der Waals surface area contributed by atoms with Crippen LogP contribution in [0.15, 0.2) is 54.1 Å². The predicted octanol–water partition coefficient (Wildman–Crippen LogP) is 4.96. The largest absolute Gasteiger partial charge is 0.507 e. The summed E-state index contributed by atoms with van der Waals surface area (Å²) in [7, 11) is 0. The number of hydrogen-bond acceptors (Lipinski definition) is 4.